The zero-order chi connectivity index (χ0) is 15.4. The summed E-state index contributed by atoms with van der Waals surface area (Å²) in [4.78, 5) is 13.6. The summed E-state index contributed by atoms with van der Waals surface area (Å²) in [5.41, 5.74) is 2.83. The molecule has 0 radical (unpaired) electrons. The predicted molar refractivity (Wildman–Crippen MR) is 84.5 cm³/mol. The molecule has 0 heterocycles. The number of anilines is 2. The fourth-order valence-electron chi connectivity index (χ4n) is 2.14. The average molecular weight is 286 g/mol. The van der Waals surface area contributed by atoms with E-state index in [0.717, 1.165) is 11.3 Å². The molecule has 0 aliphatic rings. The summed E-state index contributed by atoms with van der Waals surface area (Å²) in [6.07, 6.45) is 0. The molecule has 0 aromatic heterocycles. The van der Waals surface area contributed by atoms with Crippen molar-refractivity contribution in [2.24, 2.45) is 0 Å². The van der Waals surface area contributed by atoms with Gasteiger partial charge in [-0.15, -0.1) is 0 Å². The van der Waals surface area contributed by atoms with Crippen LogP contribution in [-0.2, 0) is 6.54 Å². The molecule has 2 aromatic carbocycles. The molecule has 0 fully saturated rings. The number of carbonyl (C=O) groups excluding carboxylic acids is 1. The van der Waals surface area contributed by atoms with Crippen molar-refractivity contribution in [2.45, 2.75) is 13.5 Å². The summed E-state index contributed by atoms with van der Waals surface area (Å²) in [7, 11) is 3.97. The van der Waals surface area contributed by atoms with E-state index in [-0.39, 0.29) is 11.3 Å². The van der Waals surface area contributed by atoms with Gasteiger partial charge < -0.3 is 10.2 Å². The number of nitrogens with zero attached hydrogens (tertiary/aromatic N) is 1. The highest BCUT2D eigenvalue weighted by Crippen LogP contribution is 2.21. The Labute approximate surface area is 124 Å². The number of halogens is 1. The Morgan fingerprint density at radius 2 is 1.81 bits per heavy atom. The number of hydrogen-bond acceptors (Lipinski definition) is 3. The Hall–Kier alpha value is -2.36. The predicted octanol–water partition coefficient (Wildman–Crippen LogP) is 3.71. The molecule has 21 heavy (non-hydrogen) atoms. The minimum absolute atomic E-state index is 0.113. The summed E-state index contributed by atoms with van der Waals surface area (Å²) in [6.45, 7) is 1.91. The van der Waals surface area contributed by atoms with E-state index in [1.807, 2.05) is 43.3 Å². The maximum absolute atomic E-state index is 13.7. The molecule has 0 saturated carbocycles. The number of carbonyl (C=O) groups is 1. The molecule has 0 bridgehead atoms. The molecule has 0 atom stereocenters. The fourth-order valence-corrected chi connectivity index (χ4v) is 2.14. The Morgan fingerprint density at radius 1 is 1.14 bits per heavy atom. The van der Waals surface area contributed by atoms with Crippen molar-refractivity contribution in [3.8, 4) is 0 Å². The summed E-state index contributed by atoms with van der Waals surface area (Å²) in [6, 6.07) is 12.7. The molecule has 0 amide bonds. The number of rotatable bonds is 5. The average Bonchev–Trinajstić information content (AvgIpc) is 2.45. The lowest BCUT2D eigenvalue weighted by atomic mass is 10.1. The standard InChI is InChI=1S/C17H19FN2O/c1-12(21)17-15(18)5-4-6-16(17)19-11-13-7-9-14(10-8-13)20(2)3/h4-10,19H,11H2,1-3H3. The van der Waals surface area contributed by atoms with Crippen molar-refractivity contribution in [1.82, 2.24) is 0 Å². The second-order valence-corrected chi connectivity index (χ2v) is 5.13. The van der Waals surface area contributed by atoms with Crippen LogP contribution < -0.4 is 10.2 Å². The summed E-state index contributed by atoms with van der Waals surface area (Å²) in [5.74, 6) is -0.769. The van der Waals surface area contributed by atoms with Crippen LogP contribution in [0, 0.1) is 5.82 Å². The van der Waals surface area contributed by atoms with Gasteiger partial charge in [0.2, 0.25) is 0 Å². The van der Waals surface area contributed by atoms with Gasteiger partial charge in [-0.25, -0.2) is 4.39 Å². The number of nitrogens with one attached hydrogen (secondary N) is 1. The number of Topliss-reactive ketones (excluding diaryl/α,β-unsaturated/α-hetero) is 1. The topological polar surface area (TPSA) is 32.3 Å². The van der Waals surface area contributed by atoms with E-state index in [9.17, 15) is 9.18 Å². The third-order valence-corrected chi connectivity index (χ3v) is 3.30. The van der Waals surface area contributed by atoms with Gasteiger partial charge in [0.1, 0.15) is 5.82 Å². The molecular weight excluding hydrogens is 267 g/mol. The van der Waals surface area contributed by atoms with E-state index in [4.69, 9.17) is 0 Å². The minimum atomic E-state index is -0.490. The molecule has 110 valence electrons. The van der Waals surface area contributed by atoms with Crippen molar-refractivity contribution < 1.29 is 9.18 Å². The molecule has 0 unspecified atom stereocenters. The van der Waals surface area contributed by atoms with Crippen molar-refractivity contribution in [2.75, 3.05) is 24.3 Å². The van der Waals surface area contributed by atoms with Crippen molar-refractivity contribution in [3.05, 3.63) is 59.4 Å². The van der Waals surface area contributed by atoms with Crippen LogP contribution in [0.1, 0.15) is 22.8 Å². The highest BCUT2D eigenvalue weighted by atomic mass is 19.1. The van der Waals surface area contributed by atoms with Gasteiger partial charge in [0, 0.05) is 32.0 Å². The monoisotopic (exact) mass is 286 g/mol. The first-order valence-electron chi connectivity index (χ1n) is 6.78. The first-order chi connectivity index (χ1) is 9.99. The molecule has 0 spiro atoms. The van der Waals surface area contributed by atoms with Crippen LogP contribution in [0.2, 0.25) is 0 Å². The Morgan fingerprint density at radius 3 is 2.38 bits per heavy atom. The second kappa shape index (κ2) is 6.39. The Bertz CT molecular complexity index is 636. The maximum atomic E-state index is 13.7. The van der Waals surface area contributed by atoms with Gasteiger partial charge in [0.25, 0.3) is 0 Å². The smallest absolute Gasteiger partial charge is 0.164 e. The molecule has 0 aliphatic heterocycles. The van der Waals surface area contributed by atoms with E-state index in [1.54, 1.807) is 12.1 Å². The van der Waals surface area contributed by atoms with E-state index in [0.29, 0.717) is 12.2 Å². The van der Waals surface area contributed by atoms with Crippen LogP contribution in [0.25, 0.3) is 0 Å². The van der Waals surface area contributed by atoms with Gasteiger partial charge >= 0.3 is 0 Å². The quantitative estimate of drug-likeness (QED) is 0.850. The molecule has 4 heteroatoms. The SMILES string of the molecule is CC(=O)c1c(F)cccc1NCc1ccc(N(C)C)cc1. The second-order valence-electron chi connectivity index (χ2n) is 5.13. The fraction of sp³-hybridized carbons (Fsp3) is 0.235. The van der Waals surface area contributed by atoms with Crippen LogP contribution in [0.3, 0.4) is 0 Å². The molecule has 3 nitrogen and oxygen atoms in total. The lowest BCUT2D eigenvalue weighted by Crippen LogP contribution is -2.09. The summed E-state index contributed by atoms with van der Waals surface area (Å²) < 4.78 is 13.7. The normalized spacial score (nSPS) is 10.3. The van der Waals surface area contributed by atoms with Gasteiger partial charge in [-0.05, 0) is 36.8 Å². The third-order valence-electron chi connectivity index (χ3n) is 3.30. The van der Waals surface area contributed by atoms with E-state index in [2.05, 4.69) is 5.32 Å². The van der Waals surface area contributed by atoms with Gasteiger partial charge in [-0.3, -0.25) is 4.79 Å². The van der Waals surface area contributed by atoms with Crippen molar-refractivity contribution >= 4 is 17.2 Å². The third kappa shape index (κ3) is 3.60. The van der Waals surface area contributed by atoms with Crippen molar-refractivity contribution in [1.29, 1.82) is 0 Å². The van der Waals surface area contributed by atoms with Gasteiger partial charge in [-0.2, -0.15) is 0 Å². The van der Waals surface area contributed by atoms with Crippen LogP contribution in [0.4, 0.5) is 15.8 Å². The van der Waals surface area contributed by atoms with E-state index < -0.39 is 5.82 Å². The largest absolute Gasteiger partial charge is 0.380 e. The first-order valence-corrected chi connectivity index (χ1v) is 6.78. The van der Waals surface area contributed by atoms with Crippen molar-refractivity contribution in [3.63, 3.8) is 0 Å². The molecular formula is C17H19FN2O. The Kier molecular flexibility index (Phi) is 4.58. The zero-order valence-corrected chi connectivity index (χ0v) is 12.5. The zero-order valence-electron chi connectivity index (χ0n) is 12.5. The van der Waals surface area contributed by atoms with Gasteiger partial charge in [0.05, 0.1) is 5.56 Å². The van der Waals surface area contributed by atoms with E-state index in [1.165, 1.54) is 13.0 Å². The number of hydrogen-bond donors (Lipinski definition) is 1. The Balaban J connectivity index is 2.13. The summed E-state index contributed by atoms with van der Waals surface area (Å²) in [5, 5.41) is 3.13. The number of benzene rings is 2. The lowest BCUT2D eigenvalue weighted by Gasteiger charge is -2.14. The van der Waals surface area contributed by atoms with Crippen LogP contribution in [0.15, 0.2) is 42.5 Å². The molecule has 1 N–H and O–H groups in total. The summed E-state index contributed by atoms with van der Waals surface area (Å²) >= 11 is 0. The van der Waals surface area contributed by atoms with Crippen LogP contribution in [0.5, 0.6) is 0 Å². The first kappa shape index (κ1) is 15.0. The van der Waals surface area contributed by atoms with Crippen LogP contribution in [-0.4, -0.2) is 19.9 Å². The van der Waals surface area contributed by atoms with Gasteiger partial charge in [-0.1, -0.05) is 18.2 Å². The lowest BCUT2D eigenvalue weighted by molar-refractivity contribution is 0.101. The van der Waals surface area contributed by atoms with Gasteiger partial charge in [0.15, 0.2) is 5.78 Å². The van der Waals surface area contributed by atoms with Crippen LogP contribution >= 0.6 is 0 Å². The highest BCUT2D eigenvalue weighted by molar-refractivity contribution is 5.99. The molecule has 2 aromatic rings. The highest BCUT2D eigenvalue weighted by Gasteiger charge is 2.12. The van der Waals surface area contributed by atoms with E-state index >= 15 is 0 Å². The minimum Gasteiger partial charge on any atom is -0.380 e. The molecule has 2 rings (SSSR count). The number of ketones is 1. The molecule has 0 aliphatic carbocycles. The molecule has 0 saturated heterocycles. The maximum Gasteiger partial charge on any atom is 0.164 e.